The lowest BCUT2D eigenvalue weighted by Crippen LogP contribution is -2.11. The molecule has 0 aromatic heterocycles. The summed E-state index contributed by atoms with van der Waals surface area (Å²) in [4.78, 5) is 28.5. The first-order valence-electron chi connectivity index (χ1n) is 3.02. The lowest BCUT2D eigenvalue weighted by atomic mass is 10.2. The predicted molar refractivity (Wildman–Crippen MR) is 38.0 cm³/mol. The van der Waals surface area contributed by atoms with Gasteiger partial charge in [-0.15, -0.1) is 0 Å². The molecule has 1 unspecified atom stereocenters. The van der Waals surface area contributed by atoms with Crippen LogP contribution in [0, 0.1) is 0 Å². The number of aliphatic carboxylic acids is 1. The van der Waals surface area contributed by atoms with Crippen LogP contribution in [0.1, 0.15) is 12.8 Å². The Balaban J connectivity index is 3.47. The molecule has 0 saturated heterocycles. The van der Waals surface area contributed by atoms with Gasteiger partial charge in [0.25, 0.3) is 0 Å². The first-order valence-corrected chi connectivity index (χ1v) is 4.58. The van der Waals surface area contributed by atoms with Crippen molar-refractivity contribution in [1.82, 2.24) is 0 Å². The van der Waals surface area contributed by atoms with Gasteiger partial charge < -0.3 is 10.00 Å². The van der Waals surface area contributed by atoms with Gasteiger partial charge in [0.15, 0.2) is 8.03 Å². The van der Waals surface area contributed by atoms with Crippen LogP contribution in [0.3, 0.4) is 0 Å². The van der Waals surface area contributed by atoms with Crippen LogP contribution in [0.25, 0.3) is 0 Å². The number of rotatable bonds is 5. The average molecular weight is 180 g/mol. The molecular formula is C5H9O5P. The second-order valence-electron chi connectivity index (χ2n) is 1.98. The number of hydrogen-bond acceptors (Lipinski definition) is 3. The van der Waals surface area contributed by atoms with Crippen LogP contribution in [0.5, 0.6) is 0 Å². The Labute approximate surface area is 63.9 Å². The third kappa shape index (κ3) is 5.76. The van der Waals surface area contributed by atoms with Gasteiger partial charge in [-0.25, -0.2) is 4.79 Å². The second-order valence-corrected chi connectivity index (χ2v) is 3.26. The summed E-state index contributed by atoms with van der Waals surface area (Å²) in [5.41, 5.74) is 0. The Morgan fingerprint density at radius 3 is 2.27 bits per heavy atom. The smallest absolute Gasteiger partial charge is 0.372 e. The van der Waals surface area contributed by atoms with Gasteiger partial charge in [0, 0.05) is 12.6 Å². The van der Waals surface area contributed by atoms with E-state index >= 15 is 0 Å². The van der Waals surface area contributed by atoms with Gasteiger partial charge in [-0.2, -0.15) is 0 Å². The summed E-state index contributed by atoms with van der Waals surface area (Å²) >= 11 is 0. The van der Waals surface area contributed by atoms with Crippen molar-refractivity contribution in [2.45, 2.75) is 12.8 Å². The molecule has 0 aliphatic rings. The van der Waals surface area contributed by atoms with Gasteiger partial charge in [-0.1, -0.05) is 0 Å². The zero-order valence-electron chi connectivity index (χ0n) is 5.74. The van der Waals surface area contributed by atoms with E-state index in [4.69, 9.17) is 10.00 Å². The maximum absolute atomic E-state index is 10.4. The molecule has 0 saturated carbocycles. The van der Waals surface area contributed by atoms with E-state index in [1.54, 1.807) is 0 Å². The minimum atomic E-state index is -2.55. The van der Waals surface area contributed by atoms with E-state index in [1.807, 2.05) is 0 Å². The maximum Gasteiger partial charge on any atom is 0.372 e. The van der Waals surface area contributed by atoms with E-state index < -0.39 is 19.8 Å². The minimum absolute atomic E-state index is 0.0175. The molecule has 0 radical (unpaired) electrons. The second kappa shape index (κ2) is 5.04. The molecule has 5 nitrogen and oxygen atoms in total. The number of carbonyl (C=O) groups excluding carboxylic acids is 1. The number of ketones is 1. The standard InChI is InChI=1S/C5H9O5P/c6-4(5(7)8)2-1-3-11(9)10/h11H,1-3H2,(H,7,8)(H,9,10). The first kappa shape index (κ1) is 10.3. The fourth-order valence-corrected chi connectivity index (χ4v) is 0.986. The molecule has 0 aliphatic heterocycles. The number of Topliss-reactive ketones (excluding diaryl/α,β-unsaturated/α-hetero) is 1. The molecule has 0 bridgehead atoms. The molecule has 0 aromatic carbocycles. The van der Waals surface area contributed by atoms with Crippen molar-refractivity contribution in [2.75, 3.05) is 6.16 Å². The molecular weight excluding hydrogens is 171 g/mol. The third-order valence-electron chi connectivity index (χ3n) is 1.03. The average Bonchev–Trinajstić information content (AvgIpc) is 1.86. The summed E-state index contributed by atoms with van der Waals surface area (Å²) in [5.74, 6) is -2.39. The van der Waals surface area contributed by atoms with E-state index in [2.05, 4.69) is 0 Å². The highest BCUT2D eigenvalue weighted by molar-refractivity contribution is 7.37. The van der Waals surface area contributed by atoms with Gasteiger partial charge in [0.2, 0.25) is 5.78 Å². The van der Waals surface area contributed by atoms with Gasteiger partial charge in [-0.05, 0) is 6.42 Å². The largest absolute Gasteiger partial charge is 0.476 e. The fourth-order valence-electron chi connectivity index (χ4n) is 0.507. The molecule has 0 spiro atoms. The summed E-state index contributed by atoms with van der Waals surface area (Å²) in [7, 11) is -2.55. The van der Waals surface area contributed by atoms with Crippen LogP contribution < -0.4 is 0 Å². The summed E-state index contributed by atoms with van der Waals surface area (Å²) in [6.45, 7) is 0. The van der Waals surface area contributed by atoms with Crippen LogP contribution in [0.15, 0.2) is 0 Å². The van der Waals surface area contributed by atoms with Crippen LogP contribution >= 0.6 is 8.03 Å². The van der Waals surface area contributed by atoms with Crippen molar-refractivity contribution in [3.8, 4) is 0 Å². The van der Waals surface area contributed by atoms with Crippen molar-refractivity contribution >= 4 is 19.8 Å². The van der Waals surface area contributed by atoms with Gasteiger partial charge in [-0.3, -0.25) is 9.36 Å². The Morgan fingerprint density at radius 1 is 1.36 bits per heavy atom. The number of carbonyl (C=O) groups is 2. The molecule has 0 fully saturated rings. The summed E-state index contributed by atoms with van der Waals surface area (Å²) in [6, 6.07) is 0. The maximum atomic E-state index is 10.4. The molecule has 2 N–H and O–H groups in total. The minimum Gasteiger partial charge on any atom is -0.476 e. The number of carboxylic acids is 1. The highest BCUT2D eigenvalue weighted by atomic mass is 31.1. The first-order chi connectivity index (χ1) is 5.04. The van der Waals surface area contributed by atoms with Crippen molar-refractivity contribution in [1.29, 1.82) is 0 Å². The highest BCUT2D eigenvalue weighted by Crippen LogP contribution is 2.14. The van der Waals surface area contributed by atoms with Crippen LogP contribution in [-0.2, 0) is 14.2 Å². The highest BCUT2D eigenvalue weighted by Gasteiger charge is 2.10. The van der Waals surface area contributed by atoms with Crippen LogP contribution in [0.2, 0.25) is 0 Å². The topological polar surface area (TPSA) is 91.7 Å². The molecule has 0 rings (SSSR count). The SMILES string of the molecule is O=C(O)C(=O)CCC[PH](=O)O. The quantitative estimate of drug-likeness (QED) is 0.454. The Hall–Kier alpha value is -0.670. The molecule has 1 atom stereocenters. The number of hydrogen-bond donors (Lipinski definition) is 2. The van der Waals surface area contributed by atoms with Crippen molar-refractivity contribution in [2.24, 2.45) is 0 Å². The lowest BCUT2D eigenvalue weighted by molar-refractivity contribution is -0.149. The van der Waals surface area contributed by atoms with Crippen molar-refractivity contribution < 1.29 is 24.2 Å². The third-order valence-corrected chi connectivity index (χ3v) is 1.81. The van der Waals surface area contributed by atoms with E-state index in [1.165, 1.54) is 0 Å². The zero-order chi connectivity index (χ0) is 8.85. The monoisotopic (exact) mass is 180 g/mol. The van der Waals surface area contributed by atoms with Gasteiger partial charge in [0.05, 0.1) is 0 Å². The van der Waals surface area contributed by atoms with Crippen LogP contribution in [0.4, 0.5) is 0 Å². The normalized spacial score (nSPS) is 12.5. The molecule has 11 heavy (non-hydrogen) atoms. The van der Waals surface area contributed by atoms with Crippen LogP contribution in [-0.4, -0.2) is 27.9 Å². The molecule has 0 heterocycles. The summed E-state index contributed by atoms with van der Waals surface area (Å²) < 4.78 is 10.1. The van der Waals surface area contributed by atoms with Gasteiger partial charge in [0.1, 0.15) is 0 Å². The Kier molecular flexibility index (Phi) is 4.74. The molecule has 0 amide bonds. The molecule has 0 aromatic rings. The lowest BCUT2D eigenvalue weighted by Gasteiger charge is -1.92. The van der Waals surface area contributed by atoms with E-state index in [-0.39, 0.29) is 19.0 Å². The van der Waals surface area contributed by atoms with Crippen molar-refractivity contribution in [3.63, 3.8) is 0 Å². The van der Waals surface area contributed by atoms with E-state index in [9.17, 15) is 14.2 Å². The van der Waals surface area contributed by atoms with Crippen molar-refractivity contribution in [3.05, 3.63) is 0 Å². The zero-order valence-corrected chi connectivity index (χ0v) is 6.74. The summed E-state index contributed by atoms with van der Waals surface area (Å²) in [5, 5.41) is 8.07. The Bertz CT molecular complexity index is 187. The fraction of sp³-hybridized carbons (Fsp3) is 0.600. The van der Waals surface area contributed by atoms with E-state index in [0.717, 1.165) is 0 Å². The summed E-state index contributed by atoms with van der Waals surface area (Å²) in [6.07, 6.45) is 0.0232. The van der Waals surface area contributed by atoms with Gasteiger partial charge >= 0.3 is 5.97 Å². The molecule has 64 valence electrons. The predicted octanol–water partition coefficient (Wildman–Crippen LogP) is -0.113. The molecule has 6 heteroatoms. The number of carboxylic acid groups (broad SMARTS) is 1. The Morgan fingerprint density at radius 2 is 1.91 bits per heavy atom. The molecule has 0 aliphatic carbocycles. The van der Waals surface area contributed by atoms with E-state index in [0.29, 0.717) is 0 Å².